The minimum atomic E-state index is 0.383. The monoisotopic (exact) mass is 263 g/mol. The highest BCUT2D eigenvalue weighted by atomic mass is 35.5. The first-order chi connectivity index (χ1) is 8.54. The number of hydrogen-bond donors (Lipinski definition) is 1. The van der Waals surface area contributed by atoms with Crippen LogP contribution >= 0.6 is 11.6 Å². The van der Waals surface area contributed by atoms with Gasteiger partial charge in [-0.1, -0.05) is 11.6 Å². The van der Waals surface area contributed by atoms with Gasteiger partial charge in [0, 0.05) is 10.6 Å². The van der Waals surface area contributed by atoms with Crippen LogP contribution in [0.25, 0.3) is 11.3 Å². The number of ether oxygens (including phenoxy) is 1. The number of halogens is 1. The second-order valence-electron chi connectivity index (χ2n) is 4.05. The molecule has 0 saturated heterocycles. The third-order valence-electron chi connectivity index (χ3n) is 2.81. The van der Waals surface area contributed by atoms with Crippen molar-refractivity contribution in [1.82, 2.24) is 10.2 Å². The quantitative estimate of drug-likeness (QED) is 0.905. The van der Waals surface area contributed by atoms with Crippen LogP contribution in [0.3, 0.4) is 0 Å². The number of anilines is 1. The number of benzene rings is 1. The molecule has 1 heterocycles. The molecule has 0 spiro atoms. The summed E-state index contributed by atoms with van der Waals surface area (Å²) in [4.78, 5) is 0. The molecule has 0 unspecified atom stereocenters. The maximum Gasteiger partial charge on any atom is 0.146 e. The van der Waals surface area contributed by atoms with Gasteiger partial charge in [0.05, 0.1) is 12.8 Å². The van der Waals surface area contributed by atoms with Crippen molar-refractivity contribution in [3.05, 3.63) is 34.3 Å². The fraction of sp³-hybridized carbons (Fsp3) is 0.231. The van der Waals surface area contributed by atoms with Crippen LogP contribution in [0.2, 0.25) is 5.02 Å². The highest BCUT2D eigenvalue weighted by molar-refractivity contribution is 6.32. The fourth-order valence-electron chi connectivity index (χ4n) is 1.88. The first-order valence-corrected chi connectivity index (χ1v) is 5.85. The molecule has 0 aliphatic heterocycles. The second kappa shape index (κ2) is 4.82. The van der Waals surface area contributed by atoms with Crippen LogP contribution in [0.1, 0.15) is 11.1 Å². The summed E-state index contributed by atoms with van der Waals surface area (Å²) in [6, 6.07) is 5.40. The third kappa shape index (κ3) is 2.11. The molecule has 0 amide bonds. The Morgan fingerprint density at radius 3 is 2.50 bits per heavy atom. The van der Waals surface area contributed by atoms with Crippen LogP contribution in [0.4, 0.5) is 5.82 Å². The minimum Gasteiger partial charge on any atom is -0.496 e. The van der Waals surface area contributed by atoms with E-state index in [9.17, 15) is 0 Å². The molecule has 4 nitrogen and oxygen atoms in total. The van der Waals surface area contributed by atoms with Gasteiger partial charge in [0.15, 0.2) is 0 Å². The number of rotatable bonds is 2. The Hall–Kier alpha value is -1.81. The normalized spacial score (nSPS) is 10.4. The Labute approximate surface area is 111 Å². The van der Waals surface area contributed by atoms with E-state index in [-0.39, 0.29) is 0 Å². The lowest BCUT2D eigenvalue weighted by Crippen LogP contribution is -1.98. The minimum absolute atomic E-state index is 0.383. The third-order valence-corrected chi connectivity index (χ3v) is 3.39. The van der Waals surface area contributed by atoms with E-state index in [4.69, 9.17) is 22.1 Å². The summed E-state index contributed by atoms with van der Waals surface area (Å²) >= 11 is 6.26. The first kappa shape index (κ1) is 12.6. The van der Waals surface area contributed by atoms with Crippen molar-refractivity contribution < 1.29 is 4.74 Å². The zero-order valence-electron chi connectivity index (χ0n) is 10.5. The van der Waals surface area contributed by atoms with Gasteiger partial charge in [-0.3, -0.25) is 0 Å². The molecule has 0 saturated carbocycles. The van der Waals surface area contributed by atoms with Gasteiger partial charge in [0.2, 0.25) is 0 Å². The van der Waals surface area contributed by atoms with Gasteiger partial charge in [-0.2, -0.15) is 0 Å². The zero-order valence-corrected chi connectivity index (χ0v) is 11.2. The molecule has 5 heteroatoms. The summed E-state index contributed by atoms with van der Waals surface area (Å²) in [6.07, 6.45) is 0. The van der Waals surface area contributed by atoms with Crippen molar-refractivity contribution in [1.29, 1.82) is 0 Å². The predicted octanol–water partition coefficient (Wildman–Crippen LogP) is 3.00. The van der Waals surface area contributed by atoms with Crippen molar-refractivity contribution in [2.45, 2.75) is 13.8 Å². The Balaban J connectivity index is 2.69. The molecule has 0 fully saturated rings. The molecule has 2 aromatic rings. The van der Waals surface area contributed by atoms with Gasteiger partial charge in [-0.15, -0.1) is 10.2 Å². The van der Waals surface area contributed by atoms with E-state index < -0.39 is 0 Å². The Morgan fingerprint density at radius 1 is 1.22 bits per heavy atom. The topological polar surface area (TPSA) is 61.0 Å². The molecule has 1 aromatic carbocycles. The summed E-state index contributed by atoms with van der Waals surface area (Å²) in [5.41, 5.74) is 8.97. The lowest BCUT2D eigenvalue weighted by atomic mass is 10.0. The van der Waals surface area contributed by atoms with Crippen LogP contribution in [0.15, 0.2) is 18.2 Å². The predicted molar refractivity (Wildman–Crippen MR) is 72.9 cm³/mol. The number of nitrogens with zero attached hydrogens (tertiary/aromatic N) is 2. The van der Waals surface area contributed by atoms with Gasteiger partial charge >= 0.3 is 0 Å². The van der Waals surface area contributed by atoms with Crippen LogP contribution in [0, 0.1) is 13.8 Å². The first-order valence-electron chi connectivity index (χ1n) is 5.48. The SMILES string of the molecule is COc1cc(C)c(Cl)c(C)c1-c1ccc(N)nn1. The van der Waals surface area contributed by atoms with Crippen molar-refractivity contribution in [3.8, 4) is 17.0 Å². The fourth-order valence-corrected chi connectivity index (χ4v) is 2.03. The van der Waals surface area contributed by atoms with E-state index in [1.54, 1.807) is 19.2 Å². The summed E-state index contributed by atoms with van der Waals surface area (Å²) in [5, 5.41) is 8.64. The van der Waals surface area contributed by atoms with Crippen molar-refractivity contribution in [2.24, 2.45) is 0 Å². The maximum absolute atomic E-state index is 6.26. The molecular weight excluding hydrogens is 250 g/mol. The van der Waals surface area contributed by atoms with Gasteiger partial charge in [0.25, 0.3) is 0 Å². The summed E-state index contributed by atoms with van der Waals surface area (Å²) in [6.45, 7) is 3.88. The van der Waals surface area contributed by atoms with Gasteiger partial charge < -0.3 is 10.5 Å². The van der Waals surface area contributed by atoms with Crippen LogP contribution in [0.5, 0.6) is 5.75 Å². The van der Waals surface area contributed by atoms with E-state index in [0.717, 1.165) is 22.4 Å². The number of methoxy groups -OCH3 is 1. The molecule has 1 aromatic heterocycles. The van der Waals surface area contributed by atoms with Crippen molar-refractivity contribution in [3.63, 3.8) is 0 Å². The van der Waals surface area contributed by atoms with E-state index in [0.29, 0.717) is 16.5 Å². The van der Waals surface area contributed by atoms with Crippen LogP contribution in [-0.2, 0) is 0 Å². The summed E-state index contributed by atoms with van der Waals surface area (Å²) in [7, 11) is 1.62. The van der Waals surface area contributed by atoms with Crippen molar-refractivity contribution >= 4 is 17.4 Å². The second-order valence-corrected chi connectivity index (χ2v) is 4.43. The largest absolute Gasteiger partial charge is 0.496 e. The molecule has 18 heavy (non-hydrogen) atoms. The summed E-state index contributed by atoms with van der Waals surface area (Å²) in [5.74, 6) is 1.11. The summed E-state index contributed by atoms with van der Waals surface area (Å²) < 4.78 is 5.39. The highest BCUT2D eigenvalue weighted by Gasteiger charge is 2.15. The molecule has 2 rings (SSSR count). The number of nitrogen functional groups attached to an aromatic ring is 1. The Morgan fingerprint density at radius 2 is 1.94 bits per heavy atom. The molecule has 0 bridgehead atoms. The van der Waals surface area contributed by atoms with E-state index in [1.807, 2.05) is 19.9 Å². The lowest BCUT2D eigenvalue weighted by Gasteiger charge is -2.14. The van der Waals surface area contributed by atoms with Crippen molar-refractivity contribution in [2.75, 3.05) is 12.8 Å². The van der Waals surface area contributed by atoms with E-state index in [1.165, 1.54) is 0 Å². The molecule has 0 atom stereocenters. The number of hydrogen-bond acceptors (Lipinski definition) is 4. The van der Waals surface area contributed by atoms with E-state index in [2.05, 4.69) is 10.2 Å². The highest BCUT2D eigenvalue weighted by Crippen LogP contribution is 2.37. The smallest absolute Gasteiger partial charge is 0.146 e. The molecule has 94 valence electrons. The zero-order chi connectivity index (χ0) is 13.3. The molecule has 0 radical (unpaired) electrons. The average molecular weight is 264 g/mol. The molecule has 0 aliphatic carbocycles. The maximum atomic E-state index is 6.26. The molecular formula is C13H14ClN3O. The number of aryl methyl sites for hydroxylation is 1. The standard InChI is InChI=1S/C13H14ClN3O/c1-7-6-10(18-3)12(8(2)13(7)14)9-4-5-11(15)17-16-9/h4-6H,1-3H3,(H2,15,17). The van der Waals surface area contributed by atoms with Gasteiger partial charge in [0.1, 0.15) is 11.6 Å². The Kier molecular flexibility index (Phi) is 3.39. The van der Waals surface area contributed by atoms with E-state index >= 15 is 0 Å². The van der Waals surface area contributed by atoms with Crippen LogP contribution in [-0.4, -0.2) is 17.3 Å². The number of aromatic nitrogens is 2. The Bertz CT molecular complexity index is 582. The molecule has 2 N–H and O–H groups in total. The van der Waals surface area contributed by atoms with Gasteiger partial charge in [-0.25, -0.2) is 0 Å². The average Bonchev–Trinajstić information content (AvgIpc) is 2.37. The lowest BCUT2D eigenvalue weighted by molar-refractivity contribution is 0.415. The van der Waals surface area contributed by atoms with Gasteiger partial charge in [-0.05, 0) is 43.2 Å². The molecule has 0 aliphatic rings. The number of nitrogens with two attached hydrogens (primary N) is 1. The van der Waals surface area contributed by atoms with Crippen LogP contribution < -0.4 is 10.5 Å².